The molecule has 0 saturated carbocycles. The van der Waals surface area contributed by atoms with E-state index in [9.17, 15) is 9.59 Å². The maximum Gasteiger partial charge on any atom is 0.343 e. The average molecular weight is 431 g/mol. The van der Waals surface area contributed by atoms with Crippen LogP contribution in [0.3, 0.4) is 0 Å². The van der Waals surface area contributed by atoms with Gasteiger partial charge in [-0.25, -0.2) is 10.2 Å². The molecule has 164 valence electrons. The van der Waals surface area contributed by atoms with E-state index in [1.807, 2.05) is 0 Å². The van der Waals surface area contributed by atoms with Gasteiger partial charge in [0.1, 0.15) is 11.5 Å². The fraction of sp³-hybridized carbons (Fsp3) is 0.200. The fourth-order valence-corrected chi connectivity index (χ4v) is 2.75. The van der Waals surface area contributed by atoms with Crippen LogP contribution in [0, 0.1) is 0 Å². The zero-order chi connectivity index (χ0) is 22.6. The molecule has 0 atom stereocenters. The number of nitrogens with one attached hydrogen (secondary N) is 1. The van der Waals surface area contributed by atoms with Crippen LogP contribution in [0.5, 0.6) is 11.5 Å². The summed E-state index contributed by atoms with van der Waals surface area (Å²) in [5.41, 5.74) is 4.09. The number of benzene rings is 2. The number of carbonyl (C=O) groups is 2. The molecule has 0 saturated heterocycles. The summed E-state index contributed by atoms with van der Waals surface area (Å²) >= 11 is 0. The van der Waals surface area contributed by atoms with Crippen molar-refractivity contribution in [3.63, 3.8) is 0 Å². The fourth-order valence-electron chi connectivity index (χ4n) is 2.75. The van der Waals surface area contributed by atoms with Gasteiger partial charge in [-0.05, 0) is 72.6 Å². The molecule has 0 radical (unpaired) electrons. The quantitative estimate of drug-likeness (QED) is 0.166. The van der Waals surface area contributed by atoms with Crippen LogP contribution in [0.4, 0.5) is 0 Å². The number of amides is 1. The number of ether oxygens (including phenoxy) is 2. The molecule has 3 aromatic rings. The number of carbonyl (C=O) groups excluding carboxylic acids is 2. The lowest BCUT2D eigenvalue weighted by atomic mass is 10.2. The van der Waals surface area contributed by atoms with Crippen LogP contribution in [0.15, 0.2) is 78.2 Å². The Morgan fingerprint density at radius 3 is 2.28 bits per heavy atom. The first kappa shape index (κ1) is 22.7. The van der Waals surface area contributed by atoms with E-state index < -0.39 is 5.97 Å². The summed E-state index contributed by atoms with van der Waals surface area (Å²) in [6, 6.07) is 16.9. The Morgan fingerprint density at radius 1 is 0.906 bits per heavy atom. The Labute approximate surface area is 187 Å². The molecule has 1 aromatic heterocycles. The van der Waals surface area contributed by atoms with Crippen LogP contribution < -0.4 is 14.9 Å². The molecule has 3 rings (SSSR count). The molecule has 0 bridgehead atoms. The van der Waals surface area contributed by atoms with Gasteiger partial charge in [-0.2, -0.15) is 5.10 Å². The summed E-state index contributed by atoms with van der Waals surface area (Å²) in [7, 11) is 0. The van der Waals surface area contributed by atoms with Crippen molar-refractivity contribution >= 4 is 18.1 Å². The molecule has 2 aromatic carbocycles. The lowest BCUT2D eigenvalue weighted by Gasteiger charge is -2.07. The number of hydrogen-bond donors (Lipinski definition) is 1. The molecular formula is C25H25N3O4. The first-order valence-corrected chi connectivity index (χ1v) is 10.4. The standard InChI is InChI=1S/C25H25N3O4/c1-2-3-4-17-31-22-11-7-21(8-12-22)25(30)32-23-9-5-19(6-10-23)18-27-28-24(29)20-13-15-26-16-14-20/h5-16,18H,2-4,17H2,1H3,(H,28,29)/b27-18+. The van der Waals surface area contributed by atoms with Gasteiger partial charge < -0.3 is 9.47 Å². The summed E-state index contributed by atoms with van der Waals surface area (Å²) in [6.45, 7) is 2.81. The Kier molecular flexibility index (Phi) is 8.50. The third-order valence-corrected chi connectivity index (χ3v) is 4.52. The van der Waals surface area contributed by atoms with Crippen molar-refractivity contribution in [3.8, 4) is 11.5 Å². The second-order valence-corrected chi connectivity index (χ2v) is 6.97. The summed E-state index contributed by atoms with van der Waals surface area (Å²) in [4.78, 5) is 28.1. The highest BCUT2D eigenvalue weighted by atomic mass is 16.5. The number of rotatable bonds is 10. The minimum atomic E-state index is -0.450. The molecule has 7 heteroatoms. The highest BCUT2D eigenvalue weighted by Crippen LogP contribution is 2.17. The topological polar surface area (TPSA) is 89.9 Å². The first-order chi connectivity index (χ1) is 15.7. The highest BCUT2D eigenvalue weighted by molar-refractivity contribution is 5.94. The zero-order valence-corrected chi connectivity index (χ0v) is 17.9. The van der Waals surface area contributed by atoms with Gasteiger partial charge in [0.2, 0.25) is 0 Å². The summed E-state index contributed by atoms with van der Waals surface area (Å²) in [6.07, 6.45) is 7.87. The summed E-state index contributed by atoms with van der Waals surface area (Å²) < 4.78 is 11.1. The molecule has 32 heavy (non-hydrogen) atoms. The normalized spacial score (nSPS) is 10.7. The van der Waals surface area contributed by atoms with Gasteiger partial charge in [0, 0.05) is 18.0 Å². The first-order valence-electron chi connectivity index (χ1n) is 10.4. The van der Waals surface area contributed by atoms with Crippen LogP contribution in [0.1, 0.15) is 52.5 Å². The van der Waals surface area contributed by atoms with Crippen molar-refractivity contribution in [2.24, 2.45) is 5.10 Å². The van der Waals surface area contributed by atoms with E-state index in [1.54, 1.807) is 60.7 Å². The molecule has 1 heterocycles. The van der Waals surface area contributed by atoms with Crippen LogP contribution in [0.2, 0.25) is 0 Å². The monoisotopic (exact) mass is 431 g/mol. The maximum atomic E-state index is 12.3. The number of aromatic nitrogens is 1. The third kappa shape index (κ3) is 7.05. The number of pyridine rings is 1. The minimum Gasteiger partial charge on any atom is -0.494 e. The number of nitrogens with zero attached hydrogens (tertiary/aromatic N) is 2. The molecule has 7 nitrogen and oxygen atoms in total. The van der Waals surface area contributed by atoms with E-state index in [0.29, 0.717) is 23.5 Å². The molecule has 0 aliphatic carbocycles. The van der Waals surface area contributed by atoms with Gasteiger partial charge in [0.25, 0.3) is 5.91 Å². The zero-order valence-electron chi connectivity index (χ0n) is 17.9. The summed E-state index contributed by atoms with van der Waals surface area (Å²) in [5.74, 6) is 0.366. The Bertz CT molecular complexity index is 1030. The van der Waals surface area contributed by atoms with Crippen molar-refractivity contribution in [1.82, 2.24) is 10.4 Å². The van der Waals surface area contributed by atoms with Crippen molar-refractivity contribution in [2.45, 2.75) is 26.2 Å². The van der Waals surface area contributed by atoms with E-state index in [1.165, 1.54) is 18.6 Å². The minimum absolute atomic E-state index is 0.327. The molecule has 0 aliphatic rings. The van der Waals surface area contributed by atoms with E-state index in [-0.39, 0.29) is 5.91 Å². The molecule has 0 unspecified atom stereocenters. The van der Waals surface area contributed by atoms with Gasteiger partial charge in [0.15, 0.2) is 0 Å². The second kappa shape index (κ2) is 12.0. The predicted molar refractivity (Wildman–Crippen MR) is 122 cm³/mol. The molecule has 0 aliphatic heterocycles. The molecule has 0 fully saturated rings. The largest absolute Gasteiger partial charge is 0.494 e. The number of hydrazone groups is 1. The van der Waals surface area contributed by atoms with E-state index in [2.05, 4.69) is 22.4 Å². The van der Waals surface area contributed by atoms with E-state index in [4.69, 9.17) is 9.47 Å². The number of unbranched alkanes of at least 4 members (excludes halogenated alkanes) is 2. The second-order valence-electron chi connectivity index (χ2n) is 6.97. The maximum absolute atomic E-state index is 12.3. The van der Waals surface area contributed by atoms with Crippen molar-refractivity contribution in [1.29, 1.82) is 0 Å². The Morgan fingerprint density at radius 2 is 1.59 bits per heavy atom. The van der Waals surface area contributed by atoms with E-state index >= 15 is 0 Å². The number of esters is 1. The van der Waals surface area contributed by atoms with Crippen LogP contribution in [0.25, 0.3) is 0 Å². The van der Waals surface area contributed by atoms with Crippen molar-refractivity contribution in [2.75, 3.05) is 6.61 Å². The molecule has 0 spiro atoms. The molecule has 1 amide bonds. The Balaban J connectivity index is 1.48. The van der Waals surface area contributed by atoms with Gasteiger partial charge in [-0.3, -0.25) is 9.78 Å². The number of hydrogen-bond acceptors (Lipinski definition) is 6. The van der Waals surface area contributed by atoms with E-state index in [0.717, 1.165) is 30.6 Å². The van der Waals surface area contributed by atoms with Crippen LogP contribution in [-0.4, -0.2) is 29.7 Å². The van der Waals surface area contributed by atoms with Crippen LogP contribution >= 0.6 is 0 Å². The van der Waals surface area contributed by atoms with Gasteiger partial charge in [-0.1, -0.05) is 19.8 Å². The van der Waals surface area contributed by atoms with Gasteiger partial charge >= 0.3 is 5.97 Å². The smallest absolute Gasteiger partial charge is 0.343 e. The van der Waals surface area contributed by atoms with Crippen LogP contribution in [-0.2, 0) is 0 Å². The molecule has 1 N–H and O–H groups in total. The Hall–Kier alpha value is -4.00. The third-order valence-electron chi connectivity index (χ3n) is 4.52. The lowest BCUT2D eigenvalue weighted by Crippen LogP contribution is -2.17. The predicted octanol–water partition coefficient (Wildman–Crippen LogP) is 4.63. The average Bonchev–Trinajstić information content (AvgIpc) is 2.84. The highest BCUT2D eigenvalue weighted by Gasteiger charge is 2.09. The van der Waals surface area contributed by atoms with Crippen molar-refractivity contribution in [3.05, 3.63) is 89.7 Å². The summed E-state index contributed by atoms with van der Waals surface area (Å²) in [5, 5.41) is 3.93. The van der Waals surface area contributed by atoms with Crippen molar-refractivity contribution < 1.29 is 19.1 Å². The lowest BCUT2D eigenvalue weighted by molar-refractivity contribution is 0.0734. The van der Waals surface area contributed by atoms with Gasteiger partial charge in [0.05, 0.1) is 18.4 Å². The molecular weight excluding hydrogens is 406 g/mol. The van der Waals surface area contributed by atoms with Gasteiger partial charge in [-0.15, -0.1) is 0 Å². The SMILES string of the molecule is CCCCCOc1ccc(C(=O)Oc2ccc(/C=N/NC(=O)c3ccncc3)cc2)cc1.